The molecule has 0 aromatic carbocycles. The topological polar surface area (TPSA) is 119 Å². The molecule has 0 spiro atoms. The molecule has 2 heterocycles. The summed E-state index contributed by atoms with van der Waals surface area (Å²) in [5.41, 5.74) is 0.882. The smallest absolute Gasteiger partial charge is 0.274 e. The minimum absolute atomic E-state index is 0.410. The number of aromatic nitrogens is 2. The molecule has 0 atom stereocenters. The van der Waals surface area contributed by atoms with E-state index in [1.807, 2.05) is 6.07 Å². The van der Waals surface area contributed by atoms with E-state index in [1.54, 1.807) is 18.0 Å². The van der Waals surface area contributed by atoms with Crippen LogP contribution in [0, 0.1) is 10.1 Å². The van der Waals surface area contributed by atoms with Crippen LogP contribution in [0.3, 0.4) is 0 Å². The fourth-order valence-electron chi connectivity index (χ4n) is 1.74. The molecule has 0 saturated heterocycles. The largest absolute Gasteiger partial charge is 0.440 e. The van der Waals surface area contributed by atoms with Crippen LogP contribution in [0.1, 0.15) is 12.1 Å². The molecule has 2 rings (SSSR count). The standard InChI is InChI=1S/C14H19N5O4S2/c20-19(21)10-13(15-3-1-8-25-14-17-4-7-22-14)16-5-9-24-11-12-2-6-23-18-12/h2,4,6-7,10,15-16H,1,3,5,8-9,11H2/b13-10-. The summed E-state index contributed by atoms with van der Waals surface area (Å²) in [5.74, 6) is 2.77. The van der Waals surface area contributed by atoms with Gasteiger partial charge in [0.1, 0.15) is 12.5 Å². The van der Waals surface area contributed by atoms with Crippen molar-refractivity contribution < 1.29 is 13.9 Å². The molecule has 2 aromatic heterocycles. The summed E-state index contributed by atoms with van der Waals surface area (Å²) >= 11 is 3.18. The molecular formula is C14H19N5O4S2. The molecule has 0 unspecified atom stereocenters. The summed E-state index contributed by atoms with van der Waals surface area (Å²) in [5, 5.41) is 21.2. The second-order valence-electron chi connectivity index (χ2n) is 4.73. The Labute approximate surface area is 153 Å². The minimum atomic E-state index is -0.473. The average molecular weight is 385 g/mol. The monoisotopic (exact) mass is 385 g/mol. The third kappa shape index (κ3) is 8.49. The van der Waals surface area contributed by atoms with Crippen molar-refractivity contribution in [3.63, 3.8) is 0 Å². The maximum atomic E-state index is 10.7. The van der Waals surface area contributed by atoms with Crippen LogP contribution in [0.5, 0.6) is 0 Å². The Morgan fingerprint density at radius 1 is 1.32 bits per heavy atom. The first-order valence-electron chi connectivity index (χ1n) is 7.56. The van der Waals surface area contributed by atoms with Crippen molar-refractivity contribution in [2.45, 2.75) is 17.4 Å². The zero-order valence-corrected chi connectivity index (χ0v) is 15.1. The van der Waals surface area contributed by atoms with Gasteiger partial charge in [0.2, 0.25) is 0 Å². The summed E-state index contributed by atoms with van der Waals surface area (Å²) in [4.78, 5) is 14.2. The number of hydrogen-bond donors (Lipinski definition) is 2. The van der Waals surface area contributed by atoms with Crippen molar-refractivity contribution in [3.8, 4) is 0 Å². The van der Waals surface area contributed by atoms with Gasteiger partial charge in [-0.15, -0.1) is 0 Å². The highest BCUT2D eigenvalue weighted by Gasteiger charge is 2.03. The molecule has 136 valence electrons. The molecule has 25 heavy (non-hydrogen) atoms. The lowest BCUT2D eigenvalue weighted by Crippen LogP contribution is -2.29. The fraction of sp³-hybridized carbons (Fsp3) is 0.429. The van der Waals surface area contributed by atoms with Gasteiger partial charge in [-0.05, 0) is 6.42 Å². The van der Waals surface area contributed by atoms with Crippen LogP contribution in [-0.4, -0.2) is 39.7 Å². The summed E-state index contributed by atoms with van der Waals surface area (Å²) in [7, 11) is 0. The van der Waals surface area contributed by atoms with E-state index in [0.717, 1.165) is 35.6 Å². The van der Waals surface area contributed by atoms with Crippen LogP contribution in [0.25, 0.3) is 0 Å². The number of nitrogens with zero attached hydrogens (tertiary/aromatic N) is 3. The van der Waals surface area contributed by atoms with Gasteiger partial charge in [0.15, 0.2) is 5.82 Å². The van der Waals surface area contributed by atoms with Crippen molar-refractivity contribution in [1.82, 2.24) is 20.8 Å². The first-order chi connectivity index (χ1) is 12.2. The molecule has 0 radical (unpaired) electrons. The molecule has 0 aliphatic carbocycles. The van der Waals surface area contributed by atoms with Crippen molar-refractivity contribution in [3.05, 3.63) is 52.6 Å². The number of nitrogens with one attached hydrogen (secondary N) is 2. The van der Waals surface area contributed by atoms with Gasteiger partial charge >= 0.3 is 0 Å². The normalized spacial score (nSPS) is 11.4. The Morgan fingerprint density at radius 3 is 2.92 bits per heavy atom. The summed E-state index contributed by atoms with van der Waals surface area (Å²) in [6.07, 6.45) is 6.44. The molecule has 0 aliphatic heterocycles. The first-order valence-corrected chi connectivity index (χ1v) is 9.70. The summed E-state index contributed by atoms with van der Waals surface area (Å²) in [6.45, 7) is 1.23. The number of nitro groups is 1. The highest BCUT2D eigenvalue weighted by Crippen LogP contribution is 2.15. The number of rotatable bonds is 13. The van der Waals surface area contributed by atoms with Crippen molar-refractivity contribution in [2.24, 2.45) is 0 Å². The van der Waals surface area contributed by atoms with Gasteiger partial charge < -0.3 is 19.6 Å². The second kappa shape index (κ2) is 11.4. The lowest BCUT2D eigenvalue weighted by atomic mass is 10.5. The molecule has 9 nitrogen and oxygen atoms in total. The molecule has 11 heteroatoms. The third-order valence-corrected chi connectivity index (χ3v) is 4.74. The van der Waals surface area contributed by atoms with Crippen LogP contribution >= 0.6 is 23.5 Å². The highest BCUT2D eigenvalue weighted by molar-refractivity contribution is 7.99. The highest BCUT2D eigenvalue weighted by atomic mass is 32.2. The molecule has 0 bridgehead atoms. The van der Waals surface area contributed by atoms with E-state index in [9.17, 15) is 10.1 Å². The van der Waals surface area contributed by atoms with Gasteiger partial charge in [0.05, 0.1) is 16.8 Å². The molecule has 0 aliphatic rings. The molecule has 2 aromatic rings. The predicted octanol–water partition coefficient (Wildman–Crippen LogP) is 2.33. The lowest BCUT2D eigenvalue weighted by molar-refractivity contribution is -0.404. The zero-order chi connectivity index (χ0) is 17.7. The number of oxazole rings is 1. The van der Waals surface area contributed by atoms with Crippen LogP contribution in [-0.2, 0) is 5.75 Å². The molecule has 0 saturated carbocycles. The van der Waals surface area contributed by atoms with Gasteiger partial charge in [-0.3, -0.25) is 10.1 Å². The van der Waals surface area contributed by atoms with Gasteiger partial charge in [0.25, 0.3) is 11.4 Å². The fourth-order valence-corrected chi connectivity index (χ4v) is 3.21. The Bertz CT molecular complexity index is 587. The van der Waals surface area contributed by atoms with Crippen LogP contribution in [0.15, 0.2) is 51.0 Å². The van der Waals surface area contributed by atoms with Gasteiger partial charge in [-0.25, -0.2) is 4.98 Å². The van der Waals surface area contributed by atoms with Crippen molar-refractivity contribution >= 4 is 23.5 Å². The second-order valence-corrected chi connectivity index (χ2v) is 6.88. The molecule has 0 fully saturated rings. The zero-order valence-electron chi connectivity index (χ0n) is 13.4. The lowest BCUT2D eigenvalue weighted by Gasteiger charge is -2.10. The number of thioether (sulfide) groups is 2. The van der Waals surface area contributed by atoms with Gasteiger partial charge in [0, 0.05) is 36.4 Å². The quantitative estimate of drug-likeness (QED) is 0.230. The van der Waals surface area contributed by atoms with E-state index in [4.69, 9.17) is 8.94 Å². The van der Waals surface area contributed by atoms with E-state index in [0.29, 0.717) is 24.1 Å². The summed E-state index contributed by atoms with van der Waals surface area (Å²) < 4.78 is 9.88. The Kier molecular flexibility index (Phi) is 8.77. The van der Waals surface area contributed by atoms with Crippen molar-refractivity contribution in [2.75, 3.05) is 24.6 Å². The minimum Gasteiger partial charge on any atom is -0.440 e. The van der Waals surface area contributed by atoms with Crippen molar-refractivity contribution in [1.29, 1.82) is 0 Å². The molecule has 2 N–H and O–H groups in total. The first kappa shape index (κ1) is 19.2. The van der Waals surface area contributed by atoms with E-state index in [2.05, 4.69) is 20.8 Å². The summed E-state index contributed by atoms with van der Waals surface area (Å²) in [6, 6.07) is 1.82. The van der Waals surface area contributed by atoms with E-state index >= 15 is 0 Å². The van der Waals surface area contributed by atoms with Crippen LogP contribution < -0.4 is 10.6 Å². The maximum absolute atomic E-state index is 10.7. The Morgan fingerprint density at radius 2 is 2.20 bits per heavy atom. The van der Waals surface area contributed by atoms with Crippen LogP contribution in [0.2, 0.25) is 0 Å². The molecule has 0 amide bonds. The van der Waals surface area contributed by atoms with Crippen LogP contribution in [0.4, 0.5) is 0 Å². The Hall–Kier alpha value is -2.14. The van der Waals surface area contributed by atoms with Gasteiger partial charge in [-0.2, -0.15) is 11.8 Å². The van der Waals surface area contributed by atoms with E-state index in [1.165, 1.54) is 24.3 Å². The Balaban J connectivity index is 1.58. The predicted molar refractivity (Wildman–Crippen MR) is 95.6 cm³/mol. The van der Waals surface area contributed by atoms with E-state index < -0.39 is 4.92 Å². The number of hydrogen-bond acceptors (Lipinski definition) is 10. The third-order valence-electron chi connectivity index (χ3n) is 2.81. The SMILES string of the molecule is O=[N+]([O-])/C=C(/NCCCSc1ncco1)NCCSCc1ccon1. The van der Waals surface area contributed by atoms with E-state index in [-0.39, 0.29) is 0 Å². The average Bonchev–Trinajstić information content (AvgIpc) is 3.27. The molecular weight excluding hydrogens is 366 g/mol. The maximum Gasteiger partial charge on any atom is 0.274 e. The van der Waals surface area contributed by atoms with Gasteiger partial charge in [-0.1, -0.05) is 16.9 Å².